The van der Waals surface area contributed by atoms with Gasteiger partial charge in [-0.05, 0) is 74.2 Å². The second kappa shape index (κ2) is 8.37. The van der Waals surface area contributed by atoms with Crippen LogP contribution in [0.5, 0.6) is 0 Å². The van der Waals surface area contributed by atoms with E-state index < -0.39 is 0 Å². The second-order valence-corrected chi connectivity index (χ2v) is 8.26. The van der Waals surface area contributed by atoms with Crippen molar-refractivity contribution in [2.24, 2.45) is 5.92 Å². The number of likely N-dealkylation sites (tertiary alicyclic amines) is 1. The molecular weight excluding hydrogens is 318 g/mol. The molecule has 1 heterocycles. The number of rotatable bonds is 7. The lowest BCUT2D eigenvalue weighted by Gasteiger charge is -2.35. The van der Waals surface area contributed by atoms with E-state index in [1.165, 1.54) is 61.0 Å². The molecule has 0 amide bonds. The first-order valence-electron chi connectivity index (χ1n) is 10.2. The van der Waals surface area contributed by atoms with E-state index in [9.17, 15) is 0 Å². The number of hydrogen-bond donors (Lipinski definition) is 0. The van der Waals surface area contributed by atoms with Gasteiger partial charge in [-0.3, -0.25) is 4.90 Å². The molecule has 2 aliphatic rings. The maximum absolute atomic E-state index is 5.95. The van der Waals surface area contributed by atoms with Crippen LogP contribution >= 0.6 is 0 Å². The third-order valence-electron chi connectivity index (χ3n) is 6.00. The van der Waals surface area contributed by atoms with Gasteiger partial charge in [0.15, 0.2) is 0 Å². The number of ether oxygens (including phenoxy) is 1. The van der Waals surface area contributed by atoms with Gasteiger partial charge >= 0.3 is 0 Å². The number of nitrogens with zero attached hydrogens (tertiary/aromatic N) is 1. The molecule has 0 aromatic heterocycles. The Morgan fingerprint density at radius 1 is 0.962 bits per heavy atom. The van der Waals surface area contributed by atoms with Gasteiger partial charge in [-0.25, -0.2) is 0 Å². The summed E-state index contributed by atoms with van der Waals surface area (Å²) in [5.41, 5.74) is 5.58. The second-order valence-electron chi connectivity index (χ2n) is 8.26. The zero-order chi connectivity index (χ0) is 17.8. The topological polar surface area (TPSA) is 12.5 Å². The van der Waals surface area contributed by atoms with E-state index in [1.54, 1.807) is 0 Å². The molecule has 0 radical (unpaired) electrons. The van der Waals surface area contributed by atoms with Crippen molar-refractivity contribution in [1.29, 1.82) is 0 Å². The molecule has 1 saturated heterocycles. The molecule has 26 heavy (non-hydrogen) atoms. The lowest BCUT2D eigenvalue weighted by atomic mass is 9.72. The molecule has 2 fully saturated rings. The van der Waals surface area contributed by atoms with E-state index in [0.717, 1.165) is 31.6 Å². The van der Waals surface area contributed by atoms with Gasteiger partial charge in [0, 0.05) is 13.2 Å². The van der Waals surface area contributed by atoms with Crippen molar-refractivity contribution in [2.45, 2.75) is 51.7 Å². The lowest BCUT2D eigenvalue weighted by molar-refractivity contribution is 0.0508. The third kappa shape index (κ3) is 4.55. The summed E-state index contributed by atoms with van der Waals surface area (Å²) in [5, 5.41) is 0. The Balaban J connectivity index is 1.18. The van der Waals surface area contributed by atoms with E-state index in [0.29, 0.717) is 0 Å². The smallest absolute Gasteiger partial charge is 0.0717 e. The zero-order valence-electron chi connectivity index (χ0n) is 16.0. The molecule has 0 atom stereocenters. The summed E-state index contributed by atoms with van der Waals surface area (Å²) in [5.74, 6) is 1.47. The maximum Gasteiger partial charge on any atom is 0.0717 e. The van der Waals surface area contributed by atoms with Crippen LogP contribution in [-0.2, 0) is 17.9 Å². The van der Waals surface area contributed by atoms with Crippen LogP contribution in [0.4, 0.5) is 0 Å². The van der Waals surface area contributed by atoms with Gasteiger partial charge in [0.2, 0.25) is 0 Å². The first-order chi connectivity index (χ1) is 12.8. The number of hydrogen-bond acceptors (Lipinski definition) is 2. The predicted molar refractivity (Wildman–Crippen MR) is 107 cm³/mol. The van der Waals surface area contributed by atoms with E-state index in [2.05, 4.69) is 60.4 Å². The zero-order valence-corrected chi connectivity index (χ0v) is 16.0. The fourth-order valence-electron chi connectivity index (χ4n) is 4.38. The van der Waals surface area contributed by atoms with Gasteiger partial charge in [0.05, 0.1) is 6.61 Å². The van der Waals surface area contributed by atoms with Crippen LogP contribution in [0.3, 0.4) is 0 Å². The van der Waals surface area contributed by atoms with Crippen molar-refractivity contribution >= 4 is 0 Å². The number of aryl methyl sites for hydroxylation is 1. The molecule has 2 aromatic carbocycles. The lowest BCUT2D eigenvalue weighted by Crippen LogP contribution is -2.26. The van der Waals surface area contributed by atoms with Gasteiger partial charge in [0.1, 0.15) is 0 Å². The SMILES string of the molecule is Cc1cccc(COCC2CC(c3ccc(CN4CCCC4)cc3)C2)c1. The molecule has 138 valence electrons. The van der Waals surface area contributed by atoms with Crippen LogP contribution in [0.2, 0.25) is 0 Å². The summed E-state index contributed by atoms with van der Waals surface area (Å²) in [7, 11) is 0. The molecule has 2 aromatic rings. The minimum atomic E-state index is 0.731. The van der Waals surface area contributed by atoms with Crippen molar-refractivity contribution in [1.82, 2.24) is 4.90 Å². The Kier molecular flexibility index (Phi) is 5.72. The van der Waals surface area contributed by atoms with E-state index in [1.807, 2.05) is 0 Å². The van der Waals surface area contributed by atoms with Crippen molar-refractivity contribution in [3.05, 3.63) is 70.8 Å². The average Bonchev–Trinajstić information content (AvgIpc) is 3.11. The number of benzene rings is 2. The Morgan fingerprint density at radius 3 is 2.46 bits per heavy atom. The molecule has 2 nitrogen and oxygen atoms in total. The molecule has 4 rings (SSSR count). The summed E-state index contributed by atoms with van der Waals surface area (Å²) in [6, 6.07) is 18.0. The van der Waals surface area contributed by atoms with Crippen LogP contribution in [0.1, 0.15) is 53.9 Å². The Labute approximate surface area is 158 Å². The molecule has 1 aliphatic heterocycles. The summed E-state index contributed by atoms with van der Waals surface area (Å²) < 4.78 is 5.95. The Bertz CT molecular complexity index is 696. The molecule has 0 spiro atoms. The molecule has 0 unspecified atom stereocenters. The molecule has 2 heteroatoms. The van der Waals surface area contributed by atoms with E-state index in [4.69, 9.17) is 4.74 Å². The Morgan fingerprint density at radius 2 is 1.73 bits per heavy atom. The highest BCUT2D eigenvalue weighted by molar-refractivity contribution is 5.27. The van der Waals surface area contributed by atoms with Crippen LogP contribution in [0, 0.1) is 12.8 Å². The monoisotopic (exact) mass is 349 g/mol. The average molecular weight is 350 g/mol. The summed E-state index contributed by atoms with van der Waals surface area (Å²) in [6.45, 7) is 7.45. The highest BCUT2D eigenvalue weighted by Crippen LogP contribution is 2.41. The molecule has 0 N–H and O–H groups in total. The molecule has 1 saturated carbocycles. The maximum atomic E-state index is 5.95. The van der Waals surface area contributed by atoms with Crippen molar-refractivity contribution < 1.29 is 4.74 Å². The van der Waals surface area contributed by atoms with Crippen LogP contribution < -0.4 is 0 Å². The third-order valence-corrected chi connectivity index (χ3v) is 6.00. The fourth-order valence-corrected chi connectivity index (χ4v) is 4.38. The van der Waals surface area contributed by atoms with Crippen LogP contribution in [-0.4, -0.2) is 24.6 Å². The van der Waals surface area contributed by atoms with Crippen molar-refractivity contribution in [2.75, 3.05) is 19.7 Å². The van der Waals surface area contributed by atoms with Crippen LogP contribution in [0.25, 0.3) is 0 Å². The molecule has 1 aliphatic carbocycles. The summed E-state index contributed by atoms with van der Waals surface area (Å²) in [6.07, 6.45) is 5.29. The standard InChI is InChI=1S/C24H31NO/c1-19-5-4-6-21(13-19)17-26-18-22-14-24(15-22)23-9-7-20(8-10-23)16-25-11-2-3-12-25/h4-10,13,22,24H,2-3,11-12,14-18H2,1H3. The first kappa shape index (κ1) is 17.8. The van der Waals surface area contributed by atoms with Crippen molar-refractivity contribution in [3.8, 4) is 0 Å². The first-order valence-corrected chi connectivity index (χ1v) is 10.2. The molecule has 0 bridgehead atoms. The Hall–Kier alpha value is -1.64. The van der Waals surface area contributed by atoms with Crippen LogP contribution in [0.15, 0.2) is 48.5 Å². The fraction of sp³-hybridized carbons (Fsp3) is 0.500. The minimum Gasteiger partial charge on any atom is -0.376 e. The van der Waals surface area contributed by atoms with Gasteiger partial charge in [0.25, 0.3) is 0 Å². The molecular formula is C24H31NO. The summed E-state index contributed by atoms with van der Waals surface area (Å²) in [4.78, 5) is 2.57. The largest absolute Gasteiger partial charge is 0.376 e. The highest BCUT2D eigenvalue weighted by atomic mass is 16.5. The van der Waals surface area contributed by atoms with E-state index in [-0.39, 0.29) is 0 Å². The highest BCUT2D eigenvalue weighted by Gasteiger charge is 2.30. The van der Waals surface area contributed by atoms with Gasteiger partial charge < -0.3 is 4.74 Å². The van der Waals surface area contributed by atoms with Gasteiger partial charge in [-0.1, -0.05) is 54.1 Å². The quantitative estimate of drug-likeness (QED) is 0.672. The summed E-state index contributed by atoms with van der Waals surface area (Å²) >= 11 is 0. The van der Waals surface area contributed by atoms with Gasteiger partial charge in [-0.2, -0.15) is 0 Å². The van der Waals surface area contributed by atoms with Gasteiger partial charge in [-0.15, -0.1) is 0 Å². The van der Waals surface area contributed by atoms with Crippen molar-refractivity contribution in [3.63, 3.8) is 0 Å². The normalized spacial score (nSPS) is 23.1. The predicted octanol–water partition coefficient (Wildman–Crippen LogP) is 5.30. The van der Waals surface area contributed by atoms with E-state index >= 15 is 0 Å². The minimum absolute atomic E-state index is 0.731.